The first-order valence-electron chi connectivity index (χ1n) is 13.1. The fourth-order valence-electron chi connectivity index (χ4n) is 5.13. The van der Waals surface area contributed by atoms with Gasteiger partial charge in [0.05, 0.1) is 10.4 Å². The molecule has 5 nitrogen and oxygen atoms in total. The lowest BCUT2D eigenvalue weighted by molar-refractivity contribution is -0.123. The highest BCUT2D eigenvalue weighted by Gasteiger charge is 2.35. The largest absolute Gasteiger partial charge is 0.351 e. The van der Waals surface area contributed by atoms with Crippen molar-refractivity contribution >= 4 is 39.7 Å². The van der Waals surface area contributed by atoms with Crippen molar-refractivity contribution in [2.24, 2.45) is 0 Å². The number of amides is 2. The SMILES string of the molecule is CC(C)c1ccc(N(C(=O)c2cccs2)[C@@H](C(=O)NC2CCCCC2)c2ccc3ncccc3c2)cc1. The second-order valence-corrected chi connectivity index (χ2v) is 11.0. The second kappa shape index (κ2) is 11.3. The molecule has 2 heterocycles. The Morgan fingerprint density at radius 1 is 0.946 bits per heavy atom. The van der Waals surface area contributed by atoms with Crippen LogP contribution in [0.25, 0.3) is 10.9 Å². The Kier molecular flexibility index (Phi) is 7.65. The number of nitrogens with one attached hydrogen (secondary N) is 1. The van der Waals surface area contributed by atoms with E-state index in [1.165, 1.54) is 23.3 Å². The molecule has 1 aliphatic carbocycles. The van der Waals surface area contributed by atoms with E-state index >= 15 is 0 Å². The summed E-state index contributed by atoms with van der Waals surface area (Å²) in [5.74, 6) is 0.0456. The Hall–Kier alpha value is -3.51. The molecule has 0 aliphatic heterocycles. The number of hydrogen-bond acceptors (Lipinski definition) is 4. The van der Waals surface area contributed by atoms with Crippen molar-refractivity contribution < 1.29 is 9.59 Å². The summed E-state index contributed by atoms with van der Waals surface area (Å²) in [5.41, 5.74) is 3.52. The molecule has 1 atom stereocenters. The van der Waals surface area contributed by atoms with Crippen LogP contribution in [0.5, 0.6) is 0 Å². The molecule has 6 heteroatoms. The molecule has 4 aromatic rings. The van der Waals surface area contributed by atoms with Gasteiger partial charge in [0.15, 0.2) is 0 Å². The number of aromatic nitrogens is 1. The van der Waals surface area contributed by atoms with Crippen LogP contribution in [0.15, 0.2) is 78.3 Å². The van der Waals surface area contributed by atoms with Gasteiger partial charge < -0.3 is 5.32 Å². The number of carbonyl (C=O) groups is 2. The highest BCUT2D eigenvalue weighted by atomic mass is 32.1. The summed E-state index contributed by atoms with van der Waals surface area (Å²) >= 11 is 1.39. The smallest absolute Gasteiger partial charge is 0.269 e. The first kappa shape index (κ1) is 25.2. The summed E-state index contributed by atoms with van der Waals surface area (Å²) in [6.07, 6.45) is 7.15. The van der Waals surface area contributed by atoms with Gasteiger partial charge in [0.25, 0.3) is 5.91 Å². The van der Waals surface area contributed by atoms with E-state index in [4.69, 9.17) is 0 Å². The van der Waals surface area contributed by atoms with Gasteiger partial charge in [0, 0.05) is 23.3 Å². The molecule has 0 radical (unpaired) electrons. The molecule has 190 valence electrons. The van der Waals surface area contributed by atoms with E-state index in [1.54, 1.807) is 11.1 Å². The van der Waals surface area contributed by atoms with Crippen LogP contribution >= 0.6 is 11.3 Å². The van der Waals surface area contributed by atoms with Crippen LogP contribution in [-0.2, 0) is 4.79 Å². The second-order valence-electron chi connectivity index (χ2n) is 10.1. The predicted octanol–water partition coefficient (Wildman–Crippen LogP) is 7.26. The van der Waals surface area contributed by atoms with Crippen molar-refractivity contribution in [3.63, 3.8) is 0 Å². The average Bonchev–Trinajstić information content (AvgIpc) is 3.47. The fourth-order valence-corrected chi connectivity index (χ4v) is 5.79. The topological polar surface area (TPSA) is 62.3 Å². The summed E-state index contributed by atoms with van der Waals surface area (Å²) in [5, 5.41) is 6.13. The van der Waals surface area contributed by atoms with Gasteiger partial charge in [-0.05, 0) is 71.7 Å². The van der Waals surface area contributed by atoms with Crippen LogP contribution in [0, 0.1) is 0 Å². The summed E-state index contributed by atoms with van der Waals surface area (Å²) < 4.78 is 0. The Bertz CT molecular complexity index is 1360. The van der Waals surface area contributed by atoms with Crippen molar-refractivity contribution in [2.45, 2.75) is 64.0 Å². The van der Waals surface area contributed by atoms with Crippen LogP contribution in [-0.4, -0.2) is 22.8 Å². The molecule has 37 heavy (non-hydrogen) atoms. The third-order valence-electron chi connectivity index (χ3n) is 7.19. The van der Waals surface area contributed by atoms with Crippen LogP contribution in [0.1, 0.15) is 78.7 Å². The van der Waals surface area contributed by atoms with Gasteiger partial charge in [0.1, 0.15) is 6.04 Å². The lowest BCUT2D eigenvalue weighted by atomic mass is 9.94. The first-order chi connectivity index (χ1) is 18.0. The Morgan fingerprint density at radius 3 is 2.41 bits per heavy atom. The standard InChI is InChI=1S/C31H33N3O2S/c1-21(2)22-12-15-26(16-13-22)34(31(36)28-11-7-19-37-28)29(30(35)33-25-9-4-3-5-10-25)24-14-17-27-23(20-24)8-6-18-32-27/h6-8,11-21,25,29H,3-5,9-10H2,1-2H3,(H,33,35)/t29-/m1/s1. The molecule has 1 fully saturated rings. The zero-order valence-corrected chi connectivity index (χ0v) is 22.2. The Balaban J connectivity index is 1.62. The highest BCUT2D eigenvalue weighted by Crippen LogP contribution is 2.33. The quantitative estimate of drug-likeness (QED) is 0.284. The van der Waals surface area contributed by atoms with Crippen LogP contribution in [0.3, 0.4) is 0 Å². The Morgan fingerprint density at radius 2 is 1.70 bits per heavy atom. The zero-order valence-electron chi connectivity index (χ0n) is 21.4. The number of benzene rings is 2. The molecular formula is C31H33N3O2S. The number of rotatable bonds is 7. The van der Waals surface area contributed by atoms with E-state index in [9.17, 15) is 9.59 Å². The van der Waals surface area contributed by atoms with Crippen LogP contribution in [0.2, 0.25) is 0 Å². The molecule has 0 unspecified atom stereocenters. The van der Waals surface area contributed by atoms with E-state index in [2.05, 4.69) is 36.3 Å². The maximum Gasteiger partial charge on any atom is 0.269 e. The predicted molar refractivity (Wildman–Crippen MR) is 151 cm³/mol. The number of hydrogen-bond donors (Lipinski definition) is 1. The summed E-state index contributed by atoms with van der Waals surface area (Å²) in [4.78, 5) is 34.9. The monoisotopic (exact) mass is 511 g/mol. The van der Waals surface area contributed by atoms with Crippen molar-refractivity contribution in [1.29, 1.82) is 0 Å². The van der Waals surface area contributed by atoms with E-state index in [0.29, 0.717) is 16.5 Å². The molecule has 0 spiro atoms. The number of fused-ring (bicyclic) bond motifs is 1. The zero-order chi connectivity index (χ0) is 25.8. The molecule has 1 N–H and O–H groups in total. The van der Waals surface area contributed by atoms with Gasteiger partial charge in [-0.1, -0.05) is 63.4 Å². The molecule has 1 aliphatic rings. The van der Waals surface area contributed by atoms with Crippen molar-refractivity contribution in [1.82, 2.24) is 10.3 Å². The molecule has 0 saturated heterocycles. The number of carbonyl (C=O) groups excluding carboxylic acids is 2. The minimum Gasteiger partial charge on any atom is -0.351 e. The molecule has 1 saturated carbocycles. The first-order valence-corrected chi connectivity index (χ1v) is 14.0. The van der Waals surface area contributed by atoms with E-state index in [-0.39, 0.29) is 17.9 Å². The van der Waals surface area contributed by atoms with Crippen molar-refractivity contribution in [3.8, 4) is 0 Å². The third-order valence-corrected chi connectivity index (χ3v) is 8.05. The van der Waals surface area contributed by atoms with Gasteiger partial charge in [-0.3, -0.25) is 19.5 Å². The van der Waals surface area contributed by atoms with Gasteiger partial charge in [-0.25, -0.2) is 0 Å². The van der Waals surface area contributed by atoms with Gasteiger partial charge in [0.2, 0.25) is 5.91 Å². The fraction of sp³-hybridized carbons (Fsp3) is 0.323. The van der Waals surface area contributed by atoms with Crippen LogP contribution in [0.4, 0.5) is 5.69 Å². The van der Waals surface area contributed by atoms with Gasteiger partial charge in [-0.2, -0.15) is 0 Å². The van der Waals surface area contributed by atoms with Gasteiger partial charge in [-0.15, -0.1) is 11.3 Å². The van der Waals surface area contributed by atoms with E-state index in [0.717, 1.165) is 42.1 Å². The molecular weight excluding hydrogens is 478 g/mol. The average molecular weight is 512 g/mol. The summed E-state index contributed by atoms with van der Waals surface area (Å²) in [6.45, 7) is 4.29. The van der Waals surface area contributed by atoms with Crippen molar-refractivity contribution in [2.75, 3.05) is 4.90 Å². The lowest BCUT2D eigenvalue weighted by Gasteiger charge is -2.33. The molecule has 0 bridgehead atoms. The number of nitrogens with zero attached hydrogens (tertiary/aromatic N) is 2. The minimum atomic E-state index is -0.814. The maximum atomic E-state index is 14.1. The summed E-state index contributed by atoms with van der Waals surface area (Å²) in [7, 11) is 0. The van der Waals surface area contributed by atoms with E-state index in [1.807, 2.05) is 60.0 Å². The Labute approximate surface area is 222 Å². The van der Waals surface area contributed by atoms with Gasteiger partial charge >= 0.3 is 0 Å². The summed E-state index contributed by atoms with van der Waals surface area (Å²) in [6, 6.07) is 20.8. The number of thiophene rings is 1. The molecule has 2 aromatic carbocycles. The van der Waals surface area contributed by atoms with E-state index < -0.39 is 6.04 Å². The van der Waals surface area contributed by atoms with Crippen LogP contribution < -0.4 is 10.2 Å². The molecule has 5 rings (SSSR count). The normalized spacial score (nSPS) is 15.0. The maximum absolute atomic E-state index is 14.1. The van der Waals surface area contributed by atoms with Crippen molar-refractivity contribution in [3.05, 3.63) is 94.3 Å². The molecule has 2 amide bonds. The number of anilines is 1. The molecule has 2 aromatic heterocycles. The lowest BCUT2D eigenvalue weighted by Crippen LogP contribution is -2.47. The highest BCUT2D eigenvalue weighted by molar-refractivity contribution is 7.12. The minimum absolute atomic E-state index is 0.132. The third kappa shape index (κ3) is 5.59. The number of pyridine rings is 1.